The topological polar surface area (TPSA) is 52.6 Å². The highest BCUT2D eigenvalue weighted by atomic mass is 16.6. The maximum absolute atomic E-state index is 11.8. The molecule has 2 rings (SSSR count). The molecule has 0 unspecified atom stereocenters. The Hall–Kier alpha value is -2.88. The maximum atomic E-state index is 11.8. The molecule has 0 aromatic heterocycles. The van der Waals surface area contributed by atoms with E-state index in [0.717, 1.165) is 21.9 Å². The van der Waals surface area contributed by atoms with Crippen LogP contribution in [0.5, 0.6) is 0 Å². The van der Waals surface area contributed by atoms with Gasteiger partial charge < -0.3 is 9.47 Å². The van der Waals surface area contributed by atoms with Crippen LogP contribution in [0.4, 0.5) is 0 Å². The van der Waals surface area contributed by atoms with Gasteiger partial charge in [-0.15, -0.1) is 0 Å². The average Bonchev–Trinajstić information content (AvgIpc) is 2.55. The number of benzene rings is 2. The van der Waals surface area contributed by atoms with Gasteiger partial charge in [-0.25, -0.2) is 9.59 Å². The Morgan fingerprint density at radius 2 is 1.04 bits per heavy atom. The molecule has 148 valence electrons. The van der Waals surface area contributed by atoms with E-state index in [2.05, 4.69) is 0 Å². The predicted octanol–water partition coefficient (Wildman–Crippen LogP) is 5.55. The monoisotopic (exact) mass is 380 g/mol. The quantitative estimate of drug-likeness (QED) is 0.515. The highest BCUT2D eigenvalue weighted by molar-refractivity contribution is 5.92. The molecule has 2 aromatic carbocycles. The lowest BCUT2D eigenvalue weighted by Gasteiger charge is -2.18. The summed E-state index contributed by atoms with van der Waals surface area (Å²) >= 11 is 0. The van der Waals surface area contributed by atoms with Crippen LogP contribution in [0, 0.1) is 0 Å². The molecule has 2 aromatic rings. The zero-order valence-corrected chi connectivity index (χ0v) is 17.4. The van der Waals surface area contributed by atoms with Crippen LogP contribution in [-0.2, 0) is 19.1 Å². The van der Waals surface area contributed by atoms with Crippen LogP contribution in [0.3, 0.4) is 0 Å². The molecule has 0 aliphatic heterocycles. The highest BCUT2D eigenvalue weighted by Gasteiger charge is 2.14. The van der Waals surface area contributed by atoms with Crippen LogP contribution in [0.1, 0.15) is 52.7 Å². The van der Waals surface area contributed by atoms with E-state index in [4.69, 9.17) is 9.47 Å². The first-order valence-corrected chi connectivity index (χ1v) is 9.27. The van der Waals surface area contributed by atoms with E-state index in [-0.39, 0.29) is 11.9 Å². The van der Waals surface area contributed by atoms with E-state index in [0.29, 0.717) is 0 Å². The third-order valence-corrected chi connectivity index (χ3v) is 3.53. The van der Waals surface area contributed by atoms with Gasteiger partial charge in [0.15, 0.2) is 0 Å². The molecule has 0 saturated carbocycles. The number of hydrogen-bond donors (Lipinski definition) is 0. The third-order valence-electron chi connectivity index (χ3n) is 3.53. The van der Waals surface area contributed by atoms with Gasteiger partial charge in [0.2, 0.25) is 0 Å². The van der Waals surface area contributed by atoms with E-state index in [9.17, 15) is 9.59 Å². The van der Waals surface area contributed by atoms with Gasteiger partial charge in [0, 0.05) is 12.2 Å². The number of esters is 2. The summed E-state index contributed by atoms with van der Waals surface area (Å²) in [7, 11) is 0. The van der Waals surface area contributed by atoms with Crippen LogP contribution in [0.2, 0.25) is 0 Å². The Bertz CT molecular complexity index is 845. The fraction of sp³-hybridized carbons (Fsp3) is 0.333. The molecular weight excluding hydrogens is 352 g/mol. The van der Waals surface area contributed by atoms with Crippen molar-refractivity contribution in [2.75, 3.05) is 0 Å². The first-order valence-electron chi connectivity index (χ1n) is 9.27. The molecule has 0 atom stereocenters. The van der Waals surface area contributed by atoms with Gasteiger partial charge in [0.25, 0.3) is 0 Å². The Morgan fingerprint density at radius 3 is 1.36 bits per heavy atom. The molecule has 28 heavy (non-hydrogen) atoms. The van der Waals surface area contributed by atoms with Crippen molar-refractivity contribution in [3.05, 3.63) is 59.7 Å². The zero-order valence-electron chi connectivity index (χ0n) is 17.4. The van der Waals surface area contributed by atoms with Gasteiger partial charge in [-0.2, -0.15) is 0 Å². The molecule has 0 saturated heterocycles. The molecular formula is C24H28O4. The van der Waals surface area contributed by atoms with Crippen molar-refractivity contribution in [2.24, 2.45) is 0 Å². The van der Waals surface area contributed by atoms with Crippen molar-refractivity contribution in [1.29, 1.82) is 0 Å². The first-order chi connectivity index (χ1) is 12.9. The third kappa shape index (κ3) is 7.39. The Balaban J connectivity index is 2.11. The molecule has 0 spiro atoms. The van der Waals surface area contributed by atoms with Crippen LogP contribution in [-0.4, -0.2) is 23.1 Å². The second kappa shape index (κ2) is 8.42. The SMILES string of the molecule is CC(C)(C)OC(=O)/C=C/c1ccc2cc(/C=C/C(=O)OC(C)(C)C)ccc2c1. The van der Waals surface area contributed by atoms with Crippen molar-refractivity contribution >= 4 is 34.9 Å². The Morgan fingerprint density at radius 1 is 0.679 bits per heavy atom. The maximum Gasteiger partial charge on any atom is 0.331 e. The van der Waals surface area contributed by atoms with Crippen LogP contribution in [0.25, 0.3) is 22.9 Å². The summed E-state index contributed by atoms with van der Waals surface area (Å²) in [6, 6.07) is 11.8. The summed E-state index contributed by atoms with van der Waals surface area (Å²) in [5, 5.41) is 2.08. The minimum absolute atomic E-state index is 0.366. The Labute approximate surface area is 166 Å². The lowest BCUT2D eigenvalue weighted by molar-refractivity contribution is -0.149. The molecule has 0 N–H and O–H groups in total. The van der Waals surface area contributed by atoms with Crippen LogP contribution in [0.15, 0.2) is 48.6 Å². The van der Waals surface area contributed by atoms with Gasteiger partial charge >= 0.3 is 11.9 Å². The van der Waals surface area contributed by atoms with E-state index in [1.54, 1.807) is 12.2 Å². The standard InChI is InChI=1S/C24H28O4/c1-23(2,3)27-21(25)13-9-17-7-11-20-16-18(8-12-19(20)15-17)10-14-22(26)28-24(4,5)6/h7-16H,1-6H3/b13-9+,14-10+. The minimum atomic E-state index is -0.506. The second-order valence-corrected chi connectivity index (χ2v) is 8.60. The van der Waals surface area contributed by atoms with Gasteiger partial charge in [-0.3, -0.25) is 0 Å². The molecule has 0 aliphatic rings. The number of carbonyl (C=O) groups excluding carboxylic acids is 2. The number of rotatable bonds is 4. The molecule has 0 amide bonds. The van der Waals surface area contributed by atoms with Crippen molar-refractivity contribution in [2.45, 2.75) is 52.7 Å². The van der Waals surface area contributed by atoms with E-state index < -0.39 is 11.2 Å². The smallest absolute Gasteiger partial charge is 0.331 e. The van der Waals surface area contributed by atoms with E-state index in [1.807, 2.05) is 77.9 Å². The summed E-state index contributed by atoms with van der Waals surface area (Å²) in [5.74, 6) is -0.731. The molecule has 0 heterocycles. The van der Waals surface area contributed by atoms with Crippen molar-refractivity contribution in [3.63, 3.8) is 0 Å². The first kappa shape index (κ1) is 21.4. The largest absolute Gasteiger partial charge is 0.457 e. The van der Waals surface area contributed by atoms with Crippen LogP contribution < -0.4 is 0 Å². The molecule has 4 nitrogen and oxygen atoms in total. The number of carbonyl (C=O) groups is 2. The number of ether oxygens (including phenoxy) is 2. The molecule has 4 heteroatoms. The molecule has 0 radical (unpaired) electrons. The van der Waals surface area contributed by atoms with Gasteiger partial charge in [0.05, 0.1) is 0 Å². The summed E-state index contributed by atoms with van der Waals surface area (Å²) in [6.07, 6.45) is 6.35. The van der Waals surface area contributed by atoms with Gasteiger partial charge in [0.1, 0.15) is 11.2 Å². The number of fused-ring (bicyclic) bond motifs is 1. The van der Waals surface area contributed by atoms with E-state index in [1.165, 1.54) is 12.2 Å². The second-order valence-electron chi connectivity index (χ2n) is 8.60. The fourth-order valence-corrected chi connectivity index (χ4v) is 2.49. The lowest BCUT2D eigenvalue weighted by atomic mass is 10.0. The summed E-state index contributed by atoms with van der Waals surface area (Å²) in [6.45, 7) is 11.0. The molecule has 0 aliphatic carbocycles. The Kier molecular flexibility index (Phi) is 6.45. The van der Waals surface area contributed by atoms with Gasteiger partial charge in [-0.1, -0.05) is 24.3 Å². The lowest BCUT2D eigenvalue weighted by Crippen LogP contribution is -2.22. The zero-order chi connectivity index (χ0) is 20.9. The summed E-state index contributed by atoms with van der Waals surface area (Å²) < 4.78 is 10.5. The van der Waals surface area contributed by atoms with Gasteiger partial charge in [-0.05, 0) is 87.7 Å². The summed E-state index contributed by atoms with van der Waals surface area (Å²) in [5.41, 5.74) is 0.813. The van der Waals surface area contributed by atoms with Crippen LogP contribution >= 0.6 is 0 Å². The molecule has 0 bridgehead atoms. The highest BCUT2D eigenvalue weighted by Crippen LogP contribution is 2.20. The minimum Gasteiger partial charge on any atom is -0.457 e. The fourth-order valence-electron chi connectivity index (χ4n) is 2.49. The average molecular weight is 380 g/mol. The van der Waals surface area contributed by atoms with E-state index >= 15 is 0 Å². The normalized spacial score (nSPS) is 12.6. The van der Waals surface area contributed by atoms with Crippen molar-refractivity contribution in [1.82, 2.24) is 0 Å². The molecule has 0 fully saturated rings. The van der Waals surface area contributed by atoms with Crippen molar-refractivity contribution < 1.29 is 19.1 Å². The number of hydrogen-bond acceptors (Lipinski definition) is 4. The van der Waals surface area contributed by atoms with Crippen molar-refractivity contribution in [3.8, 4) is 0 Å². The summed E-state index contributed by atoms with van der Waals surface area (Å²) in [4.78, 5) is 23.6. The predicted molar refractivity (Wildman–Crippen MR) is 114 cm³/mol.